The number of benzene rings is 2. The maximum atomic E-state index is 11.1. The zero-order valence-electron chi connectivity index (χ0n) is 11.8. The Balaban J connectivity index is 1.70. The fraction of sp³-hybridized carbons (Fsp3) is 0.333. The number of hydrogen-bond acceptors (Lipinski definition) is 3. The largest absolute Gasteiger partial charge is 0.486 e. The molecule has 0 bridgehead atoms. The second-order valence-electron chi connectivity index (χ2n) is 5.84. The normalized spacial score (nSPS) is 23.5. The molecule has 1 heterocycles. The molecule has 0 amide bonds. The predicted molar refractivity (Wildman–Crippen MR) is 79.8 cm³/mol. The van der Waals surface area contributed by atoms with E-state index in [1.807, 2.05) is 24.3 Å². The van der Waals surface area contributed by atoms with E-state index in [4.69, 9.17) is 9.47 Å². The molecule has 2 aliphatic rings. The lowest BCUT2D eigenvalue weighted by Gasteiger charge is -2.34. The average molecular weight is 282 g/mol. The maximum Gasteiger partial charge on any atom is 0.161 e. The van der Waals surface area contributed by atoms with E-state index in [9.17, 15) is 5.11 Å². The van der Waals surface area contributed by atoms with Gasteiger partial charge >= 0.3 is 0 Å². The molecule has 21 heavy (non-hydrogen) atoms. The molecule has 2 aromatic carbocycles. The first-order valence-electron chi connectivity index (χ1n) is 7.44. The van der Waals surface area contributed by atoms with Crippen LogP contribution in [0.3, 0.4) is 0 Å². The molecule has 3 nitrogen and oxygen atoms in total. The second kappa shape index (κ2) is 4.78. The topological polar surface area (TPSA) is 38.7 Å². The number of ether oxygens (including phenoxy) is 2. The molecule has 0 aromatic heterocycles. The van der Waals surface area contributed by atoms with Crippen molar-refractivity contribution >= 4 is 0 Å². The Kier molecular flexibility index (Phi) is 2.89. The van der Waals surface area contributed by atoms with E-state index in [0.717, 1.165) is 29.9 Å². The zero-order chi connectivity index (χ0) is 14.3. The van der Waals surface area contributed by atoms with Crippen LogP contribution in [0.4, 0.5) is 0 Å². The summed E-state index contributed by atoms with van der Waals surface area (Å²) in [6.45, 7) is 1.15. The van der Waals surface area contributed by atoms with Gasteiger partial charge in [-0.15, -0.1) is 0 Å². The predicted octanol–water partition coefficient (Wildman–Crippen LogP) is 2.83. The molecule has 1 aliphatic carbocycles. The molecular formula is C18H18O3. The van der Waals surface area contributed by atoms with Crippen molar-refractivity contribution in [2.45, 2.75) is 24.9 Å². The van der Waals surface area contributed by atoms with Crippen LogP contribution in [0.15, 0.2) is 42.5 Å². The monoisotopic (exact) mass is 282 g/mol. The van der Waals surface area contributed by atoms with Crippen molar-refractivity contribution in [3.8, 4) is 11.5 Å². The minimum absolute atomic E-state index is 0.567. The van der Waals surface area contributed by atoms with E-state index < -0.39 is 5.60 Å². The third-order valence-corrected chi connectivity index (χ3v) is 4.49. The van der Waals surface area contributed by atoms with Crippen molar-refractivity contribution in [2.24, 2.45) is 0 Å². The van der Waals surface area contributed by atoms with Crippen LogP contribution in [0.5, 0.6) is 11.5 Å². The summed E-state index contributed by atoms with van der Waals surface area (Å²) in [5.74, 6) is 1.51. The van der Waals surface area contributed by atoms with Crippen LogP contribution in [0.1, 0.15) is 23.1 Å². The Morgan fingerprint density at radius 2 is 1.67 bits per heavy atom. The van der Waals surface area contributed by atoms with Gasteiger partial charge in [0.25, 0.3) is 0 Å². The van der Waals surface area contributed by atoms with E-state index in [2.05, 4.69) is 18.2 Å². The minimum Gasteiger partial charge on any atom is -0.486 e. The standard InChI is InChI=1S/C18H18O3/c19-18(8-7-13-3-1-2-4-14(13)12-18)15-5-6-16-17(11-15)21-10-9-20-16/h1-6,11,19H,7-10,12H2. The Bertz CT molecular complexity index is 680. The molecule has 1 aliphatic heterocycles. The van der Waals surface area contributed by atoms with Gasteiger partial charge in [-0.1, -0.05) is 30.3 Å². The van der Waals surface area contributed by atoms with Gasteiger partial charge in [-0.3, -0.25) is 0 Å². The highest BCUT2D eigenvalue weighted by Gasteiger charge is 2.34. The van der Waals surface area contributed by atoms with Crippen LogP contribution >= 0.6 is 0 Å². The number of fused-ring (bicyclic) bond motifs is 2. The number of aliphatic hydroxyl groups is 1. The van der Waals surface area contributed by atoms with Crippen molar-refractivity contribution in [3.63, 3.8) is 0 Å². The van der Waals surface area contributed by atoms with Crippen LogP contribution < -0.4 is 9.47 Å². The lowest BCUT2D eigenvalue weighted by Crippen LogP contribution is -2.33. The van der Waals surface area contributed by atoms with Gasteiger partial charge in [-0.25, -0.2) is 0 Å². The average Bonchev–Trinajstić information content (AvgIpc) is 2.54. The molecule has 0 saturated heterocycles. The highest BCUT2D eigenvalue weighted by molar-refractivity contribution is 5.46. The summed E-state index contributed by atoms with van der Waals surface area (Å²) in [5.41, 5.74) is 2.69. The first-order chi connectivity index (χ1) is 10.2. The van der Waals surface area contributed by atoms with Gasteiger partial charge in [0.15, 0.2) is 11.5 Å². The Morgan fingerprint density at radius 1 is 0.905 bits per heavy atom. The summed E-state index contributed by atoms with van der Waals surface area (Å²) in [4.78, 5) is 0. The van der Waals surface area contributed by atoms with E-state index in [0.29, 0.717) is 19.6 Å². The van der Waals surface area contributed by atoms with Crippen LogP contribution in [0.2, 0.25) is 0 Å². The highest BCUT2D eigenvalue weighted by atomic mass is 16.6. The Hall–Kier alpha value is -2.00. The van der Waals surface area contributed by atoms with Gasteiger partial charge in [0.05, 0.1) is 5.60 Å². The Morgan fingerprint density at radius 3 is 2.52 bits per heavy atom. The molecule has 0 fully saturated rings. The minimum atomic E-state index is -0.815. The third-order valence-electron chi connectivity index (χ3n) is 4.49. The van der Waals surface area contributed by atoms with E-state index in [1.54, 1.807) is 0 Å². The molecule has 4 rings (SSSR count). The molecule has 108 valence electrons. The summed E-state index contributed by atoms with van der Waals surface area (Å²) >= 11 is 0. The lowest BCUT2D eigenvalue weighted by molar-refractivity contribution is 0.0217. The van der Waals surface area contributed by atoms with Gasteiger partial charge in [-0.05, 0) is 41.7 Å². The fourth-order valence-corrected chi connectivity index (χ4v) is 3.30. The first-order valence-corrected chi connectivity index (χ1v) is 7.44. The Labute approximate surface area is 124 Å². The number of rotatable bonds is 1. The molecule has 0 spiro atoms. The van der Waals surface area contributed by atoms with Crippen LogP contribution in [-0.2, 0) is 18.4 Å². The van der Waals surface area contributed by atoms with E-state index in [1.165, 1.54) is 11.1 Å². The summed E-state index contributed by atoms with van der Waals surface area (Å²) in [6.07, 6.45) is 2.30. The van der Waals surface area contributed by atoms with Crippen molar-refractivity contribution in [1.29, 1.82) is 0 Å². The highest BCUT2D eigenvalue weighted by Crippen LogP contribution is 2.40. The summed E-state index contributed by atoms with van der Waals surface area (Å²) in [6, 6.07) is 14.2. The SMILES string of the molecule is OC1(c2ccc3c(c2)OCCO3)CCc2ccccc2C1. The second-order valence-corrected chi connectivity index (χ2v) is 5.84. The van der Waals surface area contributed by atoms with Crippen molar-refractivity contribution in [3.05, 3.63) is 59.2 Å². The summed E-state index contributed by atoms with van der Waals surface area (Å²) in [5, 5.41) is 11.1. The van der Waals surface area contributed by atoms with Crippen molar-refractivity contribution in [2.75, 3.05) is 13.2 Å². The molecule has 1 atom stereocenters. The number of hydrogen-bond donors (Lipinski definition) is 1. The fourth-order valence-electron chi connectivity index (χ4n) is 3.30. The van der Waals surface area contributed by atoms with Crippen molar-refractivity contribution < 1.29 is 14.6 Å². The van der Waals surface area contributed by atoms with Crippen LogP contribution in [-0.4, -0.2) is 18.3 Å². The number of aryl methyl sites for hydroxylation is 1. The van der Waals surface area contributed by atoms with E-state index in [-0.39, 0.29) is 0 Å². The van der Waals surface area contributed by atoms with Gasteiger partial charge in [0, 0.05) is 6.42 Å². The van der Waals surface area contributed by atoms with Crippen LogP contribution in [0.25, 0.3) is 0 Å². The van der Waals surface area contributed by atoms with Crippen LogP contribution in [0, 0.1) is 0 Å². The molecule has 0 radical (unpaired) electrons. The first kappa shape index (κ1) is 12.7. The lowest BCUT2D eigenvalue weighted by atomic mass is 9.76. The zero-order valence-corrected chi connectivity index (χ0v) is 11.8. The molecule has 0 saturated carbocycles. The molecule has 2 aromatic rings. The molecular weight excluding hydrogens is 264 g/mol. The third kappa shape index (κ3) is 2.18. The van der Waals surface area contributed by atoms with Gasteiger partial charge in [-0.2, -0.15) is 0 Å². The van der Waals surface area contributed by atoms with Crippen molar-refractivity contribution in [1.82, 2.24) is 0 Å². The summed E-state index contributed by atoms with van der Waals surface area (Å²) < 4.78 is 11.2. The molecule has 3 heteroatoms. The van der Waals surface area contributed by atoms with Gasteiger partial charge in [0.2, 0.25) is 0 Å². The smallest absolute Gasteiger partial charge is 0.161 e. The quantitative estimate of drug-likeness (QED) is 0.874. The summed E-state index contributed by atoms with van der Waals surface area (Å²) in [7, 11) is 0. The van der Waals surface area contributed by atoms with Gasteiger partial charge in [0.1, 0.15) is 13.2 Å². The van der Waals surface area contributed by atoms with E-state index >= 15 is 0 Å². The maximum absolute atomic E-state index is 11.1. The molecule has 1 N–H and O–H groups in total. The van der Waals surface area contributed by atoms with Gasteiger partial charge < -0.3 is 14.6 Å². The molecule has 1 unspecified atom stereocenters.